The summed E-state index contributed by atoms with van der Waals surface area (Å²) in [5.41, 5.74) is 1.45. The van der Waals surface area contributed by atoms with Crippen molar-refractivity contribution < 1.29 is 4.79 Å². The molecule has 7 nitrogen and oxygen atoms in total. The van der Waals surface area contributed by atoms with Gasteiger partial charge >= 0.3 is 5.91 Å². The van der Waals surface area contributed by atoms with Crippen molar-refractivity contribution in [1.82, 2.24) is 15.0 Å². The molecule has 0 aromatic carbocycles. The maximum atomic E-state index is 11.4. The summed E-state index contributed by atoms with van der Waals surface area (Å²) >= 11 is 1.73. The predicted octanol–water partition coefficient (Wildman–Crippen LogP) is 4.74. The lowest BCUT2D eigenvalue weighted by molar-refractivity contribution is 0.1000. The fraction of sp³-hybridized carbons (Fsp3) is 0.600. The highest BCUT2D eigenvalue weighted by Gasteiger charge is 2.41. The highest BCUT2D eigenvalue weighted by molar-refractivity contribution is 7.16. The van der Waals surface area contributed by atoms with Gasteiger partial charge in [-0.15, -0.1) is 16.2 Å². The largest absolute Gasteiger partial charge is 0.319 e. The number of rotatable bonds is 5. The zero-order chi connectivity index (χ0) is 20.1. The smallest absolute Gasteiger partial charge is 0.286 e. The van der Waals surface area contributed by atoms with Gasteiger partial charge in [0.05, 0.1) is 11.3 Å². The summed E-state index contributed by atoms with van der Waals surface area (Å²) in [5.74, 6) is 0.271. The van der Waals surface area contributed by atoms with Crippen molar-refractivity contribution in [3.63, 3.8) is 0 Å². The molecule has 2 aromatic heterocycles. The maximum absolute atomic E-state index is 11.4. The zero-order valence-corrected chi connectivity index (χ0v) is 17.5. The monoisotopic (exact) mass is 399 g/mol. The lowest BCUT2D eigenvalue weighted by Gasteiger charge is -2.37. The summed E-state index contributed by atoms with van der Waals surface area (Å²) in [6.45, 7) is 9.92. The van der Waals surface area contributed by atoms with Crippen molar-refractivity contribution in [2.75, 3.05) is 11.4 Å². The van der Waals surface area contributed by atoms with Crippen LogP contribution in [0.1, 0.15) is 74.3 Å². The van der Waals surface area contributed by atoms with E-state index in [1.165, 1.54) is 35.8 Å². The normalized spacial score (nSPS) is 19.7. The molecule has 1 fully saturated rings. The van der Waals surface area contributed by atoms with Crippen molar-refractivity contribution in [3.8, 4) is 0 Å². The van der Waals surface area contributed by atoms with Crippen LogP contribution in [-0.4, -0.2) is 27.4 Å². The van der Waals surface area contributed by atoms with Crippen LogP contribution in [0.2, 0.25) is 0 Å². The van der Waals surface area contributed by atoms with Crippen LogP contribution in [0, 0.1) is 10.8 Å². The highest BCUT2D eigenvalue weighted by Crippen LogP contribution is 2.50. The Morgan fingerprint density at radius 3 is 2.39 bits per heavy atom. The zero-order valence-electron chi connectivity index (χ0n) is 16.7. The molecule has 8 heteroatoms. The molecule has 2 aliphatic carbocycles. The van der Waals surface area contributed by atoms with E-state index in [9.17, 15) is 9.70 Å². The number of anilines is 2. The van der Waals surface area contributed by atoms with Gasteiger partial charge < -0.3 is 0 Å². The molecule has 0 saturated heterocycles. The second-order valence-corrected chi connectivity index (χ2v) is 10.1. The number of amides is 1. The first kappa shape index (κ1) is 19.1. The quantitative estimate of drug-likeness (QED) is 0.675. The fourth-order valence-corrected chi connectivity index (χ4v) is 5.01. The van der Waals surface area contributed by atoms with Crippen molar-refractivity contribution >= 4 is 28.3 Å². The molecule has 1 amide bonds. The number of thiazole rings is 1. The van der Waals surface area contributed by atoms with Gasteiger partial charge in [0.1, 0.15) is 0 Å². The Kier molecular flexibility index (Phi) is 4.56. The van der Waals surface area contributed by atoms with Gasteiger partial charge in [0.15, 0.2) is 5.13 Å². The predicted molar refractivity (Wildman–Crippen MR) is 109 cm³/mol. The third-order valence-electron chi connectivity index (χ3n) is 5.82. The van der Waals surface area contributed by atoms with Gasteiger partial charge in [0.25, 0.3) is 0 Å². The van der Waals surface area contributed by atoms with Crippen molar-refractivity contribution in [1.29, 1.82) is 0 Å². The van der Waals surface area contributed by atoms with Crippen LogP contribution in [0.25, 0.3) is 0 Å². The molecular formula is C20H25N5O2S. The molecule has 0 spiro atoms. The minimum absolute atomic E-state index is 0.0532. The van der Waals surface area contributed by atoms with E-state index in [2.05, 4.69) is 47.7 Å². The highest BCUT2D eigenvalue weighted by atomic mass is 32.1. The Balaban J connectivity index is 1.74. The Hall–Kier alpha value is -2.22. The first-order valence-electron chi connectivity index (χ1n) is 9.70. The first-order valence-corrected chi connectivity index (χ1v) is 10.5. The number of nitrogens with zero attached hydrogens (tertiary/aromatic N) is 5. The molecule has 0 N–H and O–H groups in total. The molecule has 0 radical (unpaired) electrons. The molecular weight excluding hydrogens is 374 g/mol. The molecule has 2 aromatic rings. The van der Waals surface area contributed by atoms with Crippen molar-refractivity contribution in [2.24, 2.45) is 11.1 Å². The summed E-state index contributed by atoms with van der Waals surface area (Å²) in [7, 11) is 0. The number of carbonyl (C=O) groups is 1. The topological polar surface area (TPSA) is 88.4 Å². The van der Waals surface area contributed by atoms with E-state index in [1.54, 1.807) is 11.3 Å². The standard InChI is InChI=1S/C20H25N5O2S/c1-19(2)7-8-20(3,4)15-14(19)23-18(28-15)25(11-12-5-6-12)17-21-9-13(10-22-17)16(26)24-27/h9-10,12H,5-8,11H2,1-4H3. The number of carbonyl (C=O) groups excluding carboxylic acids is 1. The Labute approximate surface area is 168 Å². The van der Waals surface area contributed by atoms with Crippen LogP contribution in [0.15, 0.2) is 17.6 Å². The first-order chi connectivity index (χ1) is 13.2. The van der Waals surface area contributed by atoms with Gasteiger partial charge in [-0.05, 0) is 31.6 Å². The third-order valence-corrected chi connectivity index (χ3v) is 7.27. The molecule has 28 heavy (non-hydrogen) atoms. The second kappa shape index (κ2) is 6.69. The number of hydrogen-bond donors (Lipinski definition) is 0. The van der Waals surface area contributed by atoms with Crippen LogP contribution in [0.3, 0.4) is 0 Å². The van der Waals surface area contributed by atoms with E-state index in [4.69, 9.17) is 4.98 Å². The average Bonchev–Trinajstić information content (AvgIpc) is 3.37. The van der Waals surface area contributed by atoms with Gasteiger partial charge in [-0.1, -0.05) is 27.7 Å². The van der Waals surface area contributed by atoms with Crippen molar-refractivity contribution in [3.05, 3.63) is 33.4 Å². The van der Waals surface area contributed by atoms with Crippen LogP contribution < -0.4 is 4.90 Å². The Bertz CT molecular complexity index is 882. The molecule has 2 aliphatic rings. The van der Waals surface area contributed by atoms with Crippen LogP contribution in [-0.2, 0) is 10.8 Å². The van der Waals surface area contributed by atoms with Crippen LogP contribution >= 0.6 is 11.3 Å². The number of hydrogen-bond acceptors (Lipinski definition) is 7. The molecule has 4 rings (SSSR count). The molecule has 0 aliphatic heterocycles. The van der Waals surface area contributed by atoms with E-state index >= 15 is 0 Å². The lowest BCUT2D eigenvalue weighted by Crippen LogP contribution is -2.32. The van der Waals surface area contributed by atoms with E-state index in [-0.39, 0.29) is 16.4 Å². The molecule has 1 saturated carbocycles. The van der Waals surface area contributed by atoms with Crippen LogP contribution in [0.4, 0.5) is 11.1 Å². The molecule has 148 valence electrons. The lowest BCUT2D eigenvalue weighted by atomic mass is 9.69. The summed E-state index contributed by atoms with van der Waals surface area (Å²) in [4.78, 5) is 39.1. The average molecular weight is 400 g/mol. The summed E-state index contributed by atoms with van der Waals surface area (Å²) in [6, 6.07) is 0. The van der Waals surface area contributed by atoms with Gasteiger partial charge in [-0.25, -0.2) is 15.0 Å². The number of nitroso groups, excluding NO2 is 1. The number of fused-ring (bicyclic) bond motifs is 1. The van der Waals surface area contributed by atoms with Gasteiger partial charge in [0, 0.05) is 39.8 Å². The second-order valence-electron chi connectivity index (χ2n) is 9.16. The van der Waals surface area contributed by atoms with E-state index < -0.39 is 5.91 Å². The van der Waals surface area contributed by atoms with Crippen molar-refractivity contribution in [2.45, 2.75) is 64.2 Å². The minimum Gasteiger partial charge on any atom is -0.286 e. The molecule has 0 atom stereocenters. The summed E-state index contributed by atoms with van der Waals surface area (Å²) < 4.78 is 0. The van der Waals surface area contributed by atoms with Gasteiger partial charge in [0.2, 0.25) is 5.95 Å². The van der Waals surface area contributed by atoms with E-state index in [1.807, 2.05) is 0 Å². The SMILES string of the molecule is CC1(C)CCC(C)(C)c2sc(N(CC3CC3)c3ncc(C(=O)N=O)cn3)nc21. The number of aromatic nitrogens is 3. The third kappa shape index (κ3) is 3.45. The Morgan fingerprint density at radius 2 is 1.82 bits per heavy atom. The Morgan fingerprint density at radius 1 is 1.18 bits per heavy atom. The molecule has 2 heterocycles. The maximum Gasteiger partial charge on any atom is 0.319 e. The van der Waals surface area contributed by atoms with E-state index in [0.717, 1.165) is 24.5 Å². The fourth-order valence-electron chi connectivity index (χ4n) is 3.63. The van der Waals surface area contributed by atoms with Gasteiger partial charge in [-0.3, -0.25) is 9.69 Å². The van der Waals surface area contributed by atoms with Gasteiger partial charge in [-0.2, -0.15) is 0 Å². The minimum atomic E-state index is -0.853. The molecule has 0 bridgehead atoms. The van der Waals surface area contributed by atoms with E-state index in [0.29, 0.717) is 11.9 Å². The molecule has 0 unspecified atom stereocenters. The summed E-state index contributed by atoms with van der Waals surface area (Å²) in [6.07, 6.45) is 7.39. The summed E-state index contributed by atoms with van der Waals surface area (Å²) in [5, 5.41) is 3.34. The van der Waals surface area contributed by atoms with Crippen LogP contribution in [0.5, 0.6) is 0 Å².